The standard InChI is InChI=1S/C19H17BrN2O2/c20-15-4-1-3-14(11-15)12-19(23)22-17-8-6-16(7-9-17)21-13-18-5-2-10-24-18/h1-11,21H,12-13H2,(H,22,23). The summed E-state index contributed by atoms with van der Waals surface area (Å²) in [6.07, 6.45) is 2.00. The number of furan rings is 1. The van der Waals surface area contributed by atoms with Crippen LogP contribution in [0.1, 0.15) is 11.3 Å². The van der Waals surface area contributed by atoms with Crippen molar-refractivity contribution in [1.82, 2.24) is 0 Å². The van der Waals surface area contributed by atoms with E-state index in [1.54, 1.807) is 6.26 Å². The molecular formula is C19H17BrN2O2. The average molecular weight is 385 g/mol. The highest BCUT2D eigenvalue weighted by Gasteiger charge is 2.05. The summed E-state index contributed by atoms with van der Waals surface area (Å²) in [5.74, 6) is 0.839. The van der Waals surface area contributed by atoms with Crippen LogP contribution in [0, 0.1) is 0 Å². The second-order valence-electron chi connectivity index (χ2n) is 5.37. The molecule has 0 fully saturated rings. The van der Waals surface area contributed by atoms with Crippen LogP contribution < -0.4 is 10.6 Å². The van der Waals surface area contributed by atoms with E-state index in [1.165, 1.54) is 0 Å². The van der Waals surface area contributed by atoms with Gasteiger partial charge in [0.2, 0.25) is 5.91 Å². The zero-order chi connectivity index (χ0) is 16.8. The Labute approximate surface area is 149 Å². The predicted molar refractivity (Wildman–Crippen MR) is 99.0 cm³/mol. The topological polar surface area (TPSA) is 54.3 Å². The third-order valence-electron chi connectivity index (χ3n) is 3.47. The Morgan fingerprint density at radius 3 is 2.50 bits per heavy atom. The Balaban J connectivity index is 1.52. The molecule has 0 spiro atoms. The van der Waals surface area contributed by atoms with Gasteiger partial charge in [0.05, 0.1) is 19.2 Å². The zero-order valence-corrected chi connectivity index (χ0v) is 14.5. The molecular weight excluding hydrogens is 368 g/mol. The number of hydrogen-bond donors (Lipinski definition) is 2. The number of rotatable bonds is 6. The molecule has 0 saturated heterocycles. The Morgan fingerprint density at radius 2 is 1.79 bits per heavy atom. The van der Waals surface area contributed by atoms with Crippen molar-refractivity contribution in [2.45, 2.75) is 13.0 Å². The van der Waals surface area contributed by atoms with Gasteiger partial charge in [0, 0.05) is 15.8 Å². The molecule has 1 heterocycles. The predicted octanol–water partition coefficient (Wildman–Crippen LogP) is 4.84. The molecule has 0 aliphatic carbocycles. The van der Waals surface area contributed by atoms with Crippen molar-refractivity contribution in [3.8, 4) is 0 Å². The molecule has 4 nitrogen and oxygen atoms in total. The van der Waals surface area contributed by atoms with Gasteiger partial charge in [0.25, 0.3) is 0 Å². The third kappa shape index (κ3) is 4.73. The van der Waals surface area contributed by atoms with Gasteiger partial charge in [-0.1, -0.05) is 28.1 Å². The van der Waals surface area contributed by atoms with Crippen molar-refractivity contribution in [2.75, 3.05) is 10.6 Å². The molecule has 0 radical (unpaired) electrons. The van der Waals surface area contributed by atoms with Gasteiger partial charge < -0.3 is 15.1 Å². The first kappa shape index (κ1) is 16.3. The van der Waals surface area contributed by atoms with Crippen LogP contribution in [0.3, 0.4) is 0 Å². The number of amides is 1. The fourth-order valence-electron chi connectivity index (χ4n) is 2.31. The molecule has 122 valence electrons. The monoisotopic (exact) mass is 384 g/mol. The number of carbonyl (C=O) groups excluding carboxylic acids is 1. The van der Waals surface area contributed by atoms with E-state index in [0.29, 0.717) is 13.0 Å². The van der Waals surface area contributed by atoms with Crippen molar-refractivity contribution in [2.24, 2.45) is 0 Å². The van der Waals surface area contributed by atoms with Crippen molar-refractivity contribution < 1.29 is 9.21 Å². The van der Waals surface area contributed by atoms with Crippen LogP contribution in [0.5, 0.6) is 0 Å². The highest BCUT2D eigenvalue weighted by atomic mass is 79.9. The molecule has 0 unspecified atom stereocenters. The molecule has 0 bridgehead atoms. The molecule has 2 aromatic carbocycles. The maximum Gasteiger partial charge on any atom is 0.228 e. The lowest BCUT2D eigenvalue weighted by Crippen LogP contribution is -2.14. The molecule has 0 atom stereocenters. The number of carbonyl (C=O) groups is 1. The Bertz CT molecular complexity index is 798. The summed E-state index contributed by atoms with van der Waals surface area (Å²) in [7, 11) is 0. The minimum Gasteiger partial charge on any atom is -0.467 e. The van der Waals surface area contributed by atoms with Crippen LogP contribution in [-0.2, 0) is 17.8 Å². The minimum absolute atomic E-state index is 0.0376. The van der Waals surface area contributed by atoms with Gasteiger partial charge in [0.1, 0.15) is 5.76 Å². The van der Waals surface area contributed by atoms with Crippen molar-refractivity contribution in [1.29, 1.82) is 0 Å². The van der Waals surface area contributed by atoms with E-state index >= 15 is 0 Å². The molecule has 5 heteroatoms. The molecule has 3 rings (SSSR count). The normalized spacial score (nSPS) is 10.4. The SMILES string of the molecule is O=C(Cc1cccc(Br)c1)Nc1ccc(NCc2ccco2)cc1. The third-order valence-corrected chi connectivity index (χ3v) is 3.96. The van der Waals surface area contributed by atoms with Gasteiger partial charge in [-0.3, -0.25) is 4.79 Å². The van der Waals surface area contributed by atoms with Crippen LogP contribution >= 0.6 is 15.9 Å². The summed E-state index contributed by atoms with van der Waals surface area (Å²) < 4.78 is 6.25. The van der Waals surface area contributed by atoms with E-state index in [0.717, 1.165) is 27.2 Å². The van der Waals surface area contributed by atoms with E-state index < -0.39 is 0 Å². The van der Waals surface area contributed by atoms with Gasteiger partial charge in [-0.25, -0.2) is 0 Å². The highest BCUT2D eigenvalue weighted by Crippen LogP contribution is 2.16. The quantitative estimate of drug-likeness (QED) is 0.639. The van der Waals surface area contributed by atoms with Gasteiger partial charge in [-0.05, 0) is 54.1 Å². The molecule has 3 aromatic rings. The summed E-state index contributed by atoms with van der Waals surface area (Å²) >= 11 is 3.41. The number of anilines is 2. The first-order valence-corrected chi connectivity index (χ1v) is 8.39. The largest absolute Gasteiger partial charge is 0.467 e. The second-order valence-corrected chi connectivity index (χ2v) is 6.28. The van der Waals surface area contributed by atoms with Crippen molar-refractivity contribution in [3.05, 3.63) is 82.7 Å². The van der Waals surface area contributed by atoms with Crippen molar-refractivity contribution in [3.63, 3.8) is 0 Å². The maximum atomic E-state index is 12.1. The molecule has 0 aliphatic rings. The molecule has 1 amide bonds. The number of hydrogen-bond acceptors (Lipinski definition) is 3. The van der Waals surface area contributed by atoms with Crippen LogP contribution in [0.4, 0.5) is 11.4 Å². The van der Waals surface area contributed by atoms with Gasteiger partial charge in [-0.15, -0.1) is 0 Å². The summed E-state index contributed by atoms with van der Waals surface area (Å²) in [5, 5.41) is 6.17. The van der Waals surface area contributed by atoms with E-state index in [9.17, 15) is 4.79 Å². The Kier molecular flexibility index (Phi) is 5.33. The fraction of sp³-hybridized carbons (Fsp3) is 0.105. The number of halogens is 1. The molecule has 24 heavy (non-hydrogen) atoms. The number of nitrogens with one attached hydrogen (secondary N) is 2. The first-order chi connectivity index (χ1) is 11.7. The first-order valence-electron chi connectivity index (χ1n) is 7.60. The highest BCUT2D eigenvalue weighted by molar-refractivity contribution is 9.10. The number of benzene rings is 2. The van der Waals surface area contributed by atoms with Crippen LogP contribution in [0.15, 0.2) is 75.8 Å². The van der Waals surface area contributed by atoms with Crippen LogP contribution in [0.2, 0.25) is 0 Å². The zero-order valence-electron chi connectivity index (χ0n) is 13.0. The van der Waals surface area contributed by atoms with E-state index in [-0.39, 0.29) is 5.91 Å². The van der Waals surface area contributed by atoms with E-state index in [2.05, 4.69) is 26.6 Å². The second kappa shape index (κ2) is 7.84. The lowest BCUT2D eigenvalue weighted by Gasteiger charge is -2.08. The summed E-state index contributed by atoms with van der Waals surface area (Å²) in [5.41, 5.74) is 2.72. The average Bonchev–Trinajstić information content (AvgIpc) is 3.07. The summed E-state index contributed by atoms with van der Waals surface area (Å²) in [4.78, 5) is 12.1. The van der Waals surface area contributed by atoms with Gasteiger partial charge in [0.15, 0.2) is 0 Å². The van der Waals surface area contributed by atoms with Crippen molar-refractivity contribution >= 4 is 33.2 Å². The lowest BCUT2D eigenvalue weighted by atomic mass is 10.1. The minimum atomic E-state index is -0.0376. The molecule has 2 N–H and O–H groups in total. The molecule has 0 aliphatic heterocycles. The fourth-order valence-corrected chi connectivity index (χ4v) is 2.76. The Hall–Kier alpha value is -2.53. The van der Waals surface area contributed by atoms with Crippen LogP contribution in [-0.4, -0.2) is 5.91 Å². The van der Waals surface area contributed by atoms with Crippen LogP contribution in [0.25, 0.3) is 0 Å². The van der Waals surface area contributed by atoms with E-state index in [4.69, 9.17) is 4.42 Å². The Morgan fingerprint density at radius 1 is 1.00 bits per heavy atom. The molecule has 1 aromatic heterocycles. The summed E-state index contributed by atoms with van der Waals surface area (Å²) in [6, 6.07) is 19.1. The maximum absolute atomic E-state index is 12.1. The van der Waals surface area contributed by atoms with Gasteiger partial charge >= 0.3 is 0 Å². The van der Waals surface area contributed by atoms with Gasteiger partial charge in [-0.2, -0.15) is 0 Å². The lowest BCUT2D eigenvalue weighted by molar-refractivity contribution is -0.115. The summed E-state index contributed by atoms with van der Waals surface area (Å²) in [6.45, 7) is 0.627. The molecule has 0 saturated carbocycles. The smallest absolute Gasteiger partial charge is 0.228 e. The van der Waals surface area contributed by atoms with E-state index in [1.807, 2.05) is 60.7 Å².